The molecule has 0 amide bonds. The number of alkyl halides is 1. The first-order chi connectivity index (χ1) is 7.08. The Morgan fingerprint density at radius 3 is 2.67 bits per heavy atom. The molecule has 0 saturated heterocycles. The maximum absolute atomic E-state index is 11.2. The average molecular weight is 336 g/mol. The van der Waals surface area contributed by atoms with E-state index in [2.05, 4.69) is 36.6 Å². The summed E-state index contributed by atoms with van der Waals surface area (Å²) in [6.07, 6.45) is 0.317. The molecule has 0 bridgehead atoms. The van der Waals surface area contributed by atoms with Crippen molar-refractivity contribution in [3.63, 3.8) is 0 Å². The number of ether oxygens (including phenoxy) is 1. The first kappa shape index (κ1) is 12.7. The third-order valence-corrected chi connectivity index (χ3v) is 3.24. The lowest BCUT2D eigenvalue weighted by Gasteiger charge is -2.10. The maximum atomic E-state index is 11.2. The Morgan fingerprint density at radius 1 is 1.47 bits per heavy atom. The van der Waals surface area contributed by atoms with Crippen molar-refractivity contribution in [2.45, 2.75) is 18.7 Å². The molecule has 1 aromatic rings. The zero-order valence-corrected chi connectivity index (χ0v) is 11.8. The Morgan fingerprint density at radius 2 is 2.13 bits per heavy atom. The van der Waals surface area contributed by atoms with E-state index in [0.29, 0.717) is 6.42 Å². The van der Waals surface area contributed by atoms with Crippen LogP contribution in [0.3, 0.4) is 0 Å². The Kier molecular flexibility index (Phi) is 4.80. The summed E-state index contributed by atoms with van der Waals surface area (Å²) in [5.74, 6) is -0.213. The number of carbonyl (C=O) groups excluding carboxylic acids is 1. The highest BCUT2D eigenvalue weighted by molar-refractivity contribution is 9.10. The van der Waals surface area contributed by atoms with Crippen LogP contribution < -0.4 is 0 Å². The Hall–Kier alpha value is -0.350. The van der Waals surface area contributed by atoms with Gasteiger partial charge in [0.05, 0.1) is 13.5 Å². The van der Waals surface area contributed by atoms with E-state index in [1.54, 1.807) is 0 Å². The van der Waals surface area contributed by atoms with Gasteiger partial charge in [0, 0.05) is 9.80 Å². The van der Waals surface area contributed by atoms with Gasteiger partial charge in [0.2, 0.25) is 0 Å². The topological polar surface area (TPSA) is 26.3 Å². The lowest BCUT2D eigenvalue weighted by molar-refractivity contribution is -0.139. The number of benzene rings is 1. The molecule has 0 N–H and O–H groups in total. The lowest BCUT2D eigenvalue weighted by Crippen LogP contribution is -2.07. The summed E-state index contributed by atoms with van der Waals surface area (Å²) < 4.78 is 5.65. The molecule has 0 radical (unpaired) electrons. The summed E-state index contributed by atoms with van der Waals surface area (Å²) in [7, 11) is 1.40. The van der Waals surface area contributed by atoms with Crippen LogP contribution in [0.15, 0.2) is 16.6 Å². The molecule has 1 aromatic carbocycles. The van der Waals surface area contributed by atoms with Crippen LogP contribution >= 0.6 is 31.9 Å². The van der Waals surface area contributed by atoms with Gasteiger partial charge in [0.15, 0.2) is 0 Å². The monoisotopic (exact) mass is 334 g/mol. The average Bonchev–Trinajstić information content (AvgIpc) is 2.17. The second-order valence-corrected chi connectivity index (χ2v) is 4.72. The van der Waals surface area contributed by atoms with E-state index < -0.39 is 0 Å². The van der Waals surface area contributed by atoms with E-state index in [0.717, 1.165) is 20.9 Å². The molecule has 1 rings (SSSR count). The van der Waals surface area contributed by atoms with Crippen LogP contribution in [-0.4, -0.2) is 13.1 Å². The minimum atomic E-state index is -0.213. The van der Waals surface area contributed by atoms with Crippen LogP contribution in [0.2, 0.25) is 0 Å². The zero-order chi connectivity index (χ0) is 11.4. The fourth-order valence-corrected chi connectivity index (χ4v) is 2.84. The third-order valence-electron chi connectivity index (χ3n) is 2.23. The molecular weight excluding hydrogens is 324 g/mol. The third kappa shape index (κ3) is 3.31. The Labute approximate surface area is 106 Å². The summed E-state index contributed by atoms with van der Waals surface area (Å²) >= 11 is 6.85. The summed E-state index contributed by atoms with van der Waals surface area (Å²) in [5, 5.41) is 0.748. The van der Waals surface area contributed by atoms with Crippen molar-refractivity contribution in [3.05, 3.63) is 33.3 Å². The second kappa shape index (κ2) is 5.66. The van der Waals surface area contributed by atoms with Crippen LogP contribution in [-0.2, 0) is 21.3 Å². The van der Waals surface area contributed by atoms with Crippen molar-refractivity contribution in [2.75, 3.05) is 7.11 Å². The minimum absolute atomic E-state index is 0.213. The van der Waals surface area contributed by atoms with E-state index in [1.165, 1.54) is 12.7 Å². The van der Waals surface area contributed by atoms with Crippen molar-refractivity contribution in [1.29, 1.82) is 0 Å². The van der Waals surface area contributed by atoms with E-state index in [-0.39, 0.29) is 5.97 Å². The number of methoxy groups -OCH3 is 1. The molecule has 4 heteroatoms. The number of carbonyl (C=O) groups is 1. The van der Waals surface area contributed by atoms with Crippen molar-refractivity contribution in [2.24, 2.45) is 0 Å². The molecule has 0 fully saturated rings. The van der Waals surface area contributed by atoms with E-state index in [9.17, 15) is 4.79 Å². The molecule has 0 unspecified atom stereocenters. The fourth-order valence-electron chi connectivity index (χ4n) is 1.42. The molecule has 0 spiro atoms. The van der Waals surface area contributed by atoms with Gasteiger partial charge < -0.3 is 4.74 Å². The quantitative estimate of drug-likeness (QED) is 0.625. The molecule has 0 aliphatic carbocycles. The van der Waals surface area contributed by atoms with Gasteiger partial charge in [0.1, 0.15) is 0 Å². The molecule has 0 atom stereocenters. The van der Waals surface area contributed by atoms with Crippen LogP contribution in [0.5, 0.6) is 0 Å². The van der Waals surface area contributed by atoms with Gasteiger partial charge in [-0.2, -0.15) is 0 Å². The fraction of sp³-hybridized carbons (Fsp3) is 0.364. The summed E-state index contributed by atoms with van der Waals surface area (Å²) in [4.78, 5) is 11.2. The second-order valence-electron chi connectivity index (χ2n) is 3.25. The van der Waals surface area contributed by atoms with Gasteiger partial charge in [-0.05, 0) is 35.7 Å². The van der Waals surface area contributed by atoms with Crippen molar-refractivity contribution < 1.29 is 9.53 Å². The highest BCUT2D eigenvalue weighted by Gasteiger charge is 2.10. The molecule has 82 valence electrons. The van der Waals surface area contributed by atoms with E-state index in [1.807, 2.05) is 19.1 Å². The maximum Gasteiger partial charge on any atom is 0.309 e. The molecule has 0 aliphatic heterocycles. The van der Waals surface area contributed by atoms with E-state index in [4.69, 9.17) is 0 Å². The van der Waals surface area contributed by atoms with Crippen LogP contribution in [0.25, 0.3) is 0 Å². The first-order valence-electron chi connectivity index (χ1n) is 4.49. The van der Waals surface area contributed by atoms with Gasteiger partial charge in [-0.15, -0.1) is 0 Å². The predicted molar refractivity (Wildman–Crippen MR) is 67.2 cm³/mol. The van der Waals surface area contributed by atoms with Crippen LogP contribution in [0.1, 0.15) is 16.7 Å². The SMILES string of the molecule is COC(=O)Cc1cc(Br)cc(C)c1CBr. The standard InChI is InChI=1S/C11H12Br2O2/c1-7-3-9(13)4-8(10(7)6-12)5-11(14)15-2/h3-4H,5-6H2,1-2H3. The smallest absolute Gasteiger partial charge is 0.309 e. The van der Waals surface area contributed by atoms with Crippen molar-refractivity contribution >= 4 is 37.8 Å². The lowest BCUT2D eigenvalue weighted by atomic mass is 10.0. The molecule has 0 aromatic heterocycles. The molecule has 0 aliphatic rings. The minimum Gasteiger partial charge on any atom is -0.469 e. The Bertz CT molecular complexity index is 375. The van der Waals surface area contributed by atoms with Crippen LogP contribution in [0.4, 0.5) is 0 Å². The van der Waals surface area contributed by atoms with Gasteiger partial charge >= 0.3 is 5.97 Å². The molecule has 15 heavy (non-hydrogen) atoms. The van der Waals surface area contributed by atoms with Gasteiger partial charge in [-0.25, -0.2) is 0 Å². The number of aryl methyl sites for hydroxylation is 1. The number of hydrogen-bond acceptors (Lipinski definition) is 2. The normalized spacial score (nSPS) is 10.1. The summed E-state index contributed by atoms with van der Waals surface area (Å²) in [5.41, 5.74) is 3.33. The molecule has 2 nitrogen and oxygen atoms in total. The van der Waals surface area contributed by atoms with Gasteiger partial charge in [0.25, 0.3) is 0 Å². The first-order valence-corrected chi connectivity index (χ1v) is 6.40. The van der Waals surface area contributed by atoms with Crippen molar-refractivity contribution in [3.8, 4) is 0 Å². The van der Waals surface area contributed by atoms with Gasteiger partial charge in [-0.3, -0.25) is 4.79 Å². The van der Waals surface area contributed by atoms with E-state index >= 15 is 0 Å². The molecule has 0 saturated carbocycles. The number of halogens is 2. The number of rotatable bonds is 3. The highest BCUT2D eigenvalue weighted by atomic mass is 79.9. The number of hydrogen-bond donors (Lipinski definition) is 0. The van der Waals surface area contributed by atoms with Crippen molar-refractivity contribution in [1.82, 2.24) is 0 Å². The van der Waals surface area contributed by atoms with Gasteiger partial charge in [-0.1, -0.05) is 31.9 Å². The van der Waals surface area contributed by atoms with Crippen LogP contribution in [0, 0.1) is 6.92 Å². The molecule has 0 heterocycles. The molecular formula is C11H12Br2O2. The predicted octanol–water partition coefficient (Wildman–Crippen LogP) is 3.37. The Balaban J connectivity index is 3.09. The highest BCUT2D eigenvalue weighted by Crippen LogP contribution is 2.23. The largest absolute Gasteiger partial charge is 0.469 e. The summed E-state index contributed by atoms with van der Waals surface area (Å²) in [6, 6.07) is 4.00. The zero-order valence-electron chi connectivity index (χ0n) is 8.64. The summed E-state index contributed by atoms with van der Waals surface area (Å²) in [6.45, 7) is 2.03. The number of esters is 1.